The average Bonchev–Trinajstić information content (AvgIpc) is 2.24. The number of hydrogen-bond donors (Lipinski definition) is 2. The Morgan fingerprint density at radius 2 is 1.94 bits per heavy atom. The van der Waals surface area contributed by atoms with E-state index in [2.05, 4.69) is 4.74 Å². The third kappa shape index (κ3) is 2.66. The monoisotopic (exact) mass is 224 g/mol. The standard InChI is InChI=1S/C12H16O4/c1-3-5-9-7-6-8(4-2)11(10(9)13)16-12(14)15/h6-7,13H,3-5H2,1-2H3,(H,14,15). The minimum Gasteiger partial charge on any atom is -0.504 e. The highest BCUT2D eigenvalue weighted by atomic mass is 16.7. The van der Waals surface area contributed by atoms with Crippen molar-refractivity contribution in [2.75, 3.05) is 0 Å². The number of phenolic OH excluding ortho intramolecular Hbond substituents is 1. The first-order chi connectivity index (χ1) is 7.60. The van der Waals surface area contributed by atoms with E-state index >= 15 is 0 Å². The molecule has 1 rings (SSSR count). The van der Waals surface area contributed by atoms with Crippen molar-refractivity contribution < 1.29 is 19.7 Å². The van der Waals surface area contributed by atoms with E-state index in [0.717, 1.165) is 12.0 Å². The molecule has 88 valence electrons. The largest absolute Gasteiger partial charge is 0.511 e. The van der Waals surface area contributed by atoms with Gasteiger partial charge in [-0.05, 0) is 24.0 Å². The lowest BCUT2D eigenvalue weighted by atomic mass is 10.0. The van der Waals surface area contributed by atoms with Crippen LogP contribution in [0.4, 0.5) is 4.79 Å². The first-order valence-corrected chi connectivity index (χ1v) is 5.34. The number of ether oxygens (including phenoxy) is 1. The molecule has 0 radical (unpaired) electrons. The number of aryl methyl sites for hydroxylation is 2. The van der Waals surface area contributed by atoms with Gasteiger partial charge in [0.15, 0.2) is 11.5 Å². The maximum absolute atomic E-state index is 10.5. The molecule has 0 aliphatic rings. The summed E-state index contributed by atoms with van der Waals surface area (Å²) in [6.07, 6.45) is 0.790. The Hall–Kier alpha value is -1.71. The summed E-state index contributed by atoms with van der Waals surface area (Å²) in [4.78, 5) is 10.5. The van der Waals surface area contributed by atoms with Gasteiger partial charge in [-0.15, -0.1) is 0 Å². The smallest absolute Gasteiger partial charge is 0.504 e. The van der Waals surface area contributed by atoms with Crippen LogP contribution in [0, 0.1) is 0 Å². The summed E-state index contributed by atoms with van der Waals surface area (Å²) in [7, 11) is 0. The van der Waals surface area contributed by atoms with Gasteiger partial charge >= 0.3 is 6.16 Å². The molecule has 0 bridgehead atoms. The summed E-state index contributed by atoms with van der Waals surface area (Å²) in [5.74, 6) is 0.0181. The molecule has 0 amide bonds. The molecule has 0 aliphatic heterocycles. The molecule has 0 fully saturated rings. The Labute approximate surface area is 94.5 Å². The third-order valence-corrected chi connectivity index (χ3v) is 2.39. The predicted molar refractivity (Wildman–Crippen MR) is 60.1 cm³/mol. The Kier molecular flexibility index (Phi) is 4.17. The second-order valence-electron chi connectivity index (χ2n) is 3.53. The van der Waals surface area contributed by atoms with E-state index in [1.165, 1.54) is 0 Å². The fourth-order valence-corrected chi connectivity index (χ4v) is 1.60. The number of benzene rings is 1. The molecule has 0 saturated carbocycles. The zero-order valence-corrected chi connectivity index (χ0v) is 9.49. The number of phenols is 1. The lowest BCUT2D eigenvalue weighted by molar-refractivity contribution is 0.142. The molecule has 4 heteroatoms. The van der Waals surface area contributed by atoms with Crippen molar-refractivity contribution in [2.45, 2.75) is 33.1 Å². The Morgan fingerprint density at radius 1 is 1.31 bits per heavy atom. The average molecular weight is 224 g/mol. The summed E-state index contributed by atoms with van der Waals surface area (Å²) in [6.45, 7) is 3.87. The van der Waals surface area contributed by atoms with Gasteiger partial charge in [-0.1, -0.05) is 32.4 Å². The van der Waals surface area contributed by atoms with Gasteiger partial charge in [0.2, 0.25) is 0 Å². The molecular weight excluding hydrogens is 208 g/mol. The molecule has 1 aromatic carbocycles. The van der Waals surface area contributed by atoms with Crippen LogP contribution in [0.5, 0.6) is 11.5 Å². The van der Waals surface area contributed by atoms with Gasteiger partial charge in [-0.25, -0.2) is 4.79 Å². The zero-order valence-electron chi connectivity index (χ0n) is 9.49. The minimum absolute atomic E-state index is 0.0522. The lowest BCUT2D eigenvalue weighted by Crippen LogP contribution is -2.06. The highest BCUT2D eigenvalue weighted by molar-refractivity contribution is 5.65. The molecule has 16 heavy (non-hydrogen) atoms. The van der Waals surface area contributed by atoms with Crippen LogP contribution in [0.3, 0.4) is 0 Å². The number of rotatable bonds is 4. The van der Waals surface area contributed by atoms with Gasteiger partial charge in [0.05, 0.1) is 0 Å². The third-order valence-electron chi connectivity index (χ3n) is 2.39. The Morgan fingerprint density at radius 3 is 2.44 bits per heavy atom. The quantitative estimate of drug-likeness (QED) is 0.609. The van der Waals surface area contributed by atoms with Crippen molar-refractivity contribution in [3.8, 4) is 11.5 Å². The van der Waals surface area contributed by atoms with E-state index < -0.39 is 6.16 Å². The second kappa shape index (κ2) is 5.39. The molecule has 1 aromatic rings. The van der Waals surface area contributed by atoms with E-state index in [1.807, 2.05) is 19.9 Å². The molecule has 4 nitrogen and oxygen atoms in total. The topological polar surface area (TPSA) is 66.8 Å². The number of hydrogen-bond acceptors (Lipinski definition) is 3. The molecule has 2 N–H and O–H groups in total. The predicted octanol–water partition coefficient (Wildman–Crippen LogP) is 2.96. The van der Waals surface area contributed by atoms with E-state index in [1.54, 1.807) is 6.07 Å². The van der Waals surface area contributed by atoms with Crippen LogP contribution >= 0.6 is 0 Å². The fourth-order valence-electron chi connectivity index (χ4n) is 1.60. The molecule has 0 atom stereocenters. The Bertz CT molecular complexity index is 385. The minimum atomic E-state index is -1.40. The summed E-state index contributed by atoms with van der Waals surface area (Å²) in [5, 5.41) is 18.5. The van der Waals surface area contributed by atoms with Gasteiger partial charge in [-0.3, -0.25) is 0 Å². The van der Waals surface area contributed by atoms with E-state index in [9.17, 15) is 9.90 Å². The van der Waals surface area contributed by atoms with Gasteiger partial charge in [0, 0.05) is 0 Å². The van der Waals surface area contributed by atoms with E-state index in [-0.39, 0.29) is 11.5 Å². The van der Waals surface area contributed by atoms with Crippen molar-refractivity contribution >= 4 is 6.16 Å². The van der Waals surface area contributed by atoms with Crippen LogP contribution in [0.2, 0.25) is 0 Å². The number of carboxylic acid groups (broad SMARTS) is 1. The SMILES string of the molecule is CCCc1ccc(CC)c(OC(=O)O)c1O. The van der Waals surface area contributed by atoms with E-state index in [4.69, 9.17) is 5.11 Å². The van der Waals surface area contributed by atoms with Crippen molar-refractivity contribution in [3.63, 3.8) is 0 Å². The summed E-state index contributed by atoms with van der Waals surface area (Å²) in [5.41, 5.74) is 1.41. The molecule has 0 aromatic heterocycles. The van der Waals surface area contributed by atoms with Crippen LogP contribution in [0.25, 0.3) is 0 Å². The number of carbonyl (C=O) groups is 1. The van der Waals surface area contributed by atoms with Crippen LogP contribution in [-0.2, 0) is 12.8 Å². The fraction of sp³-hybridized carbons (Fsp3) is 0.417. The summed E-state index contributed by atoms with van der Waals surface area (Å²) in [6, 6.07) is 3.61. The first-order valence-electron chi connectivity index (χ1n) is 5.34. The van der Waals surface area contributed by atoms with Gasteiger partial charge in [0.1, 0.15) is 0 Å². The summed E-state index contributed by atoms with van der Waals surface area (Å²) < 4.78 is 4.62. The summed E-state index contributed by atoms with van der Waals surface area (Å²) >= 11 is 0. The second-order valence-corrected chi connectivity index (χ2v) is 3.53. The van der Waals surface area contributed by atoms with Crippen LogP contribution < -0.4 is 4.74 Å². The lowest BCUT2D eigenvalue weighted by Gasteiger charge is -2.11. The number of aromatic hydroxyl groups is 1. The van der Waals surface area contributed by atoms with Crippen molar-refractivity contribution in [3.05, 3.63) is 23.3 Å². The van der Waals surface area contributed by atoms with Gasteiger partial charge in [-0.2, -0.15) is 0 Å². The first kappa shape index (κ1) is 12.4. The normalized spacial score (nSPS) is 10.1. The van der Waals surface area contributed by atoms with Crippen molar-refractivity contribution in [1.82, 2.24) is 0 Å². The highest BCUT2D eigenvalue weighted by Crippen LogP contribution is 2.35. The van der Waals surface area contributed by atoms with Gasteiger partial charge < -0.3 is 14.9 Å². The molecular formula is C12H16O4. The maximum atomic E-state index is 10.5. The van der Waals surface area contributed by atoms with Crippen molar-refractivity contribution in [2.24, 2.45) is 0 Å². The molecule has 0 heterocycles. The molecule has 0 saturated heterocycles. The van der Waals surface area contributed by atoms with E-state index in [0.29, 0.717) is 18.4 Å². The zero-order chi connectivity index (χ0) is 12.1. The van der Waals surface area contributed by atoms with Crippen LogP contribution in [0.15, 0.2) is 12.1 Å². The van der Waals surface area contributed by atoms with Gasteiger partial charge in [0.25, 0.3) is 0 Å². The molecule has 0 spiro atoms. The maximum Gasteiger partial charge on any atom is 0.511 e. The molecule has 0 aliphatic carbocycles. The van der Waals surface area contributed by atoms with Crippen LogP contribution in [0.1, 0.15) is 31.4 Å². The molecule has 0 unspecified atom stereocenters. The van der Waals surface area contributed by atoms with Crippen molar-refractivity contribution in [1.29, 1.82) is 0 Å². The van der Waals surface area contributed by atoms with Crippen LogP contribution in [-0.4, -0.2) is 16.4 Å². The Balaban J connectivity index is 3.17. The highest BCUT2D eigenvalue weighted by Gasteiger charge is 2.15.